The SMILES string of the molecule is Cc1cccc(C2C3=CCC4C(=O)NC(=O)C4C3CC3C(=O)N(c4ccc(F)c(Cl)c4)C(=O)C32C)c1O. The normalized spacial score (nSPS) is 32.6. The van der Waals surface area contributed by atoms with Crippen molar-refractivity contribution in [3.05, 3.63) is 70.0 Å². The van der Waals surface area contributed by atoms with Crippen LogP contribution in [-0.2, 0) is 19.2 Å². The van der Waals surface area contributed by atoms with Gasteiger partial charge in [-0.1, -0.05) is 41.4 Å². The number of para-hydroxylation sites is 1. The number of fused-ring (bicyclic) bond motifs is 4. The molecular weight excluding hydrogens is 499 g/mol. The average Bonchev–Trinajstić information content (AvgIpc) is 3.25. The first-order valence-corrected chi connectivity index (χ1v) is 12.6. The fraction of sp³-hybridized carbons (Fsp3) is 0.357. The van der Waals surface area contributed by atoms with E-state index in [4.69, 9.17) is 11.6 Å². The summed E-state index contributed by atoms with van der Waals surface area (Å²) in [6.45, 7) is 3.47. The van der Waals surface area contributed by atoms with E-state index in [1.807, 2.05) is 6.08 Å². The highest BCUT2D eigenvalue weighted by molar-refractivity contribution is 6.31. The molecule has 7 nitrogen and oxygen atoms in total. The summed E-state index contributed by atoms with van der Waals surface area (Å²) in [4.78, 5) is 54.5. The first kappa shape index (κ1) is 23.9. The van der Waals surface area contributed by atoms with Crippen molar-refractivity contribution in [2.45, 2.75) is 32.6 Å². The Labute approximate surface area is 217 Å². The molecule has 6 rings (SSSR count). The molecule has 4 aliphatic rings. The molecule has 0 spiro atoms. The van der Waals surface area contributed by atoms with Crippen molar-refractivity contribution in [1.82, 2.24) is 5.32 Å². The topological polar surface area (TPSA) is 104 Å². The summed E-state index contributed by atoms with van der Waals surface area (Å²) >= 11 is 5.99. The number of amides is 4. The van der Waals surface area contributed by atoms with Crippen LogP contribution in [0.25, 0.3) is 0 Å². The summed E-state index contributed by atoms with van der Waals surface area (Å²) in [5.74, 6) is -5.49. The number of aryl methyl sites for hydroxylation is 1. The van der Waals surface area contributed by atoms with E-state index in [1.54, 1.807) is 32.0 Å². The molecule has 6 atom stereocenters. The molecule has 2 aliphatic carbocycles. The molecule has 190 valence electrons. The van der Waals surface area contributed by atoms with Crippen LogP contribution in [0.5, 0.6) is 5.75 Å². The number of halogens is 2. The van der Waals surface area contributed by atoms with E-state index in [9.17, 15) is 28.7 Å². The fourth-order valence-electron chi connectivity index (χ4n) is 7.06. The molecule has 2 aromatic rings. The van der Waals surface area contributed by atoms with E-state index in [0.717, 1.165) is 16.5 Å². The minimum Gasteiger partial charge on any atom is -0.507 e. The quantitative estimate of drug-likeness (QED) is 0.458. The van der Waals surface area contributed by atoms with Gasteiger partial charge in [0.15, 0.2) is 0 Å². The van der Waals surface area contributed by atoms with E-state index >= 15 is 0 Å². The van der Waals surface area contributed by atoms with Crippen molar-refractivity contribution in [3.8, 4) is 5.75 Å². The third-order valence-electron chi connectivity index (χ3n) is 8.86. The minimum absolute atomic E-state index is 0.0200. The number of benzene rings is 2. The number of anilines is 1. The maximum atomic E-state index is 14.2. The van der Waals surface area contributed by atoms with E-state index in [1.165, 1.54) is 12.1 Å². The second-order valence-electron chi connectivity index (χ2n) is 10.6. The van der Waals surface area contributed by atoms with Crippen LogP contribution in [0.4, 0.5) is 10.1 Å². The Hall–Kier alpha value is -3.52. The van der Waals surface area contributed by atoms with Gasteiger partial charge in [-0.25, -0.2) is 9.29 Å². The molecule has 0 aromatic heterocycles. The molecule has 2 heterocycles. The zero-order chi connectivity index (χ0) is 26.4. The molecule has 37 heavy (non-hydrogen) atoms. The molecule has 9 heteroatoms. The lowest BCUT2D eigenvalue weighted by molar-refractivity contribution is -0.131. The van der Waals surface area contributed by atoms with Gasteiger partial charge in [0.1, 0.15) is 11.6 Å². The highest BCUT2D eigenvalue weighted by Gasteiger charge is 2.67. The van der Waals surface area contributed by atoms with Gasteiger partial charge in [-0.05, 0) is 56.4 Å². The number of imide groups is 2. The highest BCUT2D eigenvalue weighted by atomic mass is 35.5. The first-order valence-electron chi connectivity index (χ1n) is 12.2. The van der Waals surface area contributed by atoms with Gasteiger partial charge in [-0.3, -0.25) is 24.5 Å². The number of nitrogens with zero attached hydrogens (tertiary/aromatic N) is 1. The summed E-state index contributed by atoms with van der Waals surface area (Å²) in [5.41, 5.74) is 0.754. The molecule has 2 aliphatic heterocycles. The van der Waals surface area contributed by atoms with Crippen LogP contribution >= 0.6 is 11.6 Å². The van der Waals surface area contributed by atoms with Crippen LogP contribution in [-0.4, -0.2) is 28.7 Å². The van der Waals surface area contributed by atoms with Gasteiger partial charge in [-0.2, -0.15) is 0 Å². The molecule has 3 fully saturated rings. The van der Waals surface area contributed by atoms with E-state index in [0.29, 0.717) is 17.5 Å². The lowest BCUT2D eigenvalue weighted by Gasteiger charge is -2.49. The van der Waals surface area contributed by atoms with Gasteiger partial charge in [0.05, 0.1) is 33.9 Å². The molecule has 2 N–H and O–H groups in total. The summed E-state index contributed by atoms with van der Waals surface area (Å²) in [6.07, 6.45) is 2.44. The van der Waals surface area contributed by atoms with E-state index < -0.39 is 52.6 Å². The summed E-state index contributed by atoms with van der Waals surface area (Å²) in [5, 5.41) is 13.3. The van der Waals surface area contributed by atoms with Crippen molar-refractivity contribution in [1.29, 1.82) is 0 Å². The first-order chi connectivity index (χ1) is 17.6. The number of hydrogen-bond donors (Lipinski definition) is 2. The maximum Gasteiger partial charge on any atom is 0.241 e. The Kier molecular flexibility index (Phi) is 5.15. The van der Waals surface area contributed by atoms with Crippen molar-refractivity contribution in [2.24, 2.45) is 29.1 Å². The smallest absolute Gasteiger partial charge is 0.241 e. The Bertz CT molecular complexity index is 1450. The monoisotopic (exact) mass is 522 g/mol. The minimum atomic E-state index is -1.29. The zero-order valence-electron chi connectivity index (χ0n) is 20.1. The van der Waals surface area contributed by atoms with Crippen LogP contribution < -0.4 is 10.2 Å². The molecule has 2 aromatic carbocycles. The van der Waals surface area contributed by atoms with Crippen molar-refractivity contribution >= 4 is 40.9 Å². The van der Waals surface area contributed by atoms with Crippen LogP contribution in [0, 0.1) is 41.8 Å². The van der Waals surface area contributed by atoms with Gasteiger partial charge < -0.3 is 5.11 Å². The van der Waals surface area contributed by atoms with Gasteiger partial charge in [0, 0.05) is 11.5 Å². The largest absolute Gasteiger partial charge is 0.507 e. The summed E-state index contributed by atoms with van der Waals surface area (Å²) in [7, 11) is 0. The van der Waals surface area contributed by atoms with Crippen LogP contribution in [0.3, 0.4) is 0 Å². The van der Waals surface area contributed by atoms with Crippen LogP contribution in [0.2, 0.25) is 5.02 Å². The number of rotatable bonds is 2. The number of carbonyl (C=O) groups is 4. The number of nitrogens with one attached hydrogen (secondary N) is 1. The zero-order valence-corrected chi connectivity index (χ0v) is 20.9. The molecular formula is C28H24ClFN2O5. The van der Waals surface area contributed by atoms with Gasteiger partial charge in [-0.15, -0.1) is 0 Å². The number of allylic oxidation sites excluding steroid dienone is 2. The van der Waals surface area contributed by atoms with E-state index in [2.05, 4.69) is 5.32 Å². The number of aromatic hydroxyl groups is 1. The van der Waals surface area contributed by atoms with Crippen LogP contribution in [0.1, 0.15) is 36.8 Å². The lowest BCUT2D eigenvalue weighted by Crippen LogP contribution is -2.48. The number of carbonyl (C=O) groups excluding carboxylic acids is 4. The second-order valence-corrected chi connectivity index (χ2v) is 11.0. The molecule has 4 amide bonds. The third-order valence-corrected chi connectivity index (χ3v) is 9.15. The Morgan fingerprint density at radius 2 is 1.86 bits per heavy atom. The van der Waals surface area contributed by atoms with Crippen molar-refractivity contribution < 1.29 is 28.7 Å². The Balaban J connectivity index is 1.56. The molecule has 2 saturated heterocycles. The maximum absolute atomic E-state index is 14.2. The van der Waals surface area contributed by atoms with Gasteiger partial charge in [0.25, 0.3) is 0 Å². The van der Waals surface area contributed by atoms with Crippen molar-refractivity contribution in [2.75, 3.05) is 4.90 Å². The molecule has 1 saturated carbocycles. The molecule has 6 unspecified atom stereocenters. The summed E-state index contributed by atoms with van der Waals surface area (Å²) < 4.78 is 13.9. The highest BCUT2D eigenvalue weighted by Crippen LogP contribution is 2.64. The number of hydrogen-bond acceptors (Lipinski definition) is 5. The number of phenols is 1. The predicted octanol–water partition coefficient (Wildman–Crippen LogP) is 4.01. The molecule has 0 radical (unpaired) electrons. The summed E-state index contributed by atoms with van der Waals surface area (Å²) in [6, 6.07) is 8.96. The third kappa shape index (κ3) is 3.11. The average molecular weight is 523 g/mol. The van der Waals surface area contributed by atoms with Crippen LogP contribution in [0.15, 0.2) is 48.0 Å². The van der Waals surface area contributed by atoms with Gasteiger partial charge >= 0.3 is 0 Å². The fourth-order valence-corrected chi connectivity index (χ4v) is 7.23. The Morgan fingerprint density at radius 1 is 1.11 bits per heavy atom. The molecule has 0 bridgehead atoms. The Morgan fingerprint density at radius 3 is 2.59 bits per heavy atom. The predicted molar refractivity (Wildman–Crippen MR) is 132 cm³/mol. The van der Waals surface area contributed by atoms with Crippen molar-refractivity contribution in [3.63, 3.8) is 0 Å². The van der Waals surface area contributed by atoms with E-state index in [-0.39, 0.29) is 34.7 Å². The standard InChI is InChI=1S/C28H24ClFN2O5/c1-12-4-3-5-16(23(12)33)22-14-7-8-15-21(25(35)31-24(15)34)17(14)11-18-26(36)32(27(37)28(18,22)2)13-6-9-20(30)19(29)10-13/h3-7,9-10,15,17-18,21-22,33H,8,11H2,1-2H3,(H,31,34,35). The second kappa shape index (κ2) is 7.99. The number of phenolic OH excluding ortho intramolecular Hbond substituents is 1. The lowest BCUT2D eigenvalue weighted by atomic mass is 9.51. The van der Waals surface area contributed by atoms with Gasteiger partial charge in [0.2, 0.25) is 23.6 Å².